The van der Waals surface area contributed by atoms with Crippen LogP contribution in [0, 0.1) is 16.7 Å². The van der Waals surface area contributed by atoms with Crippen LogP contribution in [0.5, 0.6) is 0 Å². The van der Waals surface area contributed by atoms with Crippen LogP contribution >= 0.6 is 0 Å². The van der Waals surface area contributed by atoms with Gasteiger partial charge in [0.25, 0.3) is 0 Å². The Labute approximate surface area is 103 Å². The van der Waals surface area contributed by atoms with Crippen molar-refractivity contribution in [2.24, 2.45) is 11.1 Å². The first kappa shape index (κ1) is 13.8. The average molecular weight is 239 g/mol. The van der Waals surface area contributed by atoms with Crippen LogP contribution in [-0.2, 0) is 4.74 Å². The summed E-state index contributed by atoms with van der Waals surface area (Å²) in [6.07, 6.45) is 0.944. The van der Waals surface area contributed by atoms with Gasteiger partial charge < -0.3 is 15.4 Å². The van der Waals surface area contributed by atoms with Gasteiger partial charge >= 0.3 is 6.09 Å². The van der Waals surface area contributed by atoms with Gasteiger partial charge in [-0.1, -0.05) is 0 Å². The topological polar surface area (TPSA) is 79.3 Å². The molecule has 0 aromatic carbocycles. The molecule has 0 bridgehead atoms. The minimum absolute atomic E-state index is 0.305. The van der Waals surface area contributed by atoms with Gasteiger partial charge in [-0.25, -0.2) is 4.79 Å². The summed E-state index contributed by atoms with van der Waals surface area (Å²) < 4.78 is 5.29. The lowest BCUT2D eigenvalue weighted by atomic mass is 9.80. The van der Waals surface area contributed by atoms with Gasteiger partial charge in [-0.2, -0.15) is 5.26 Å². The number of nitrogens with zero attached hydrogens (tertiary/aromatic N) is 2. The SMILES string of the molecule is CC(C)(C)OC(=O)N1CCC(C#N)(CN)CC1. The number of likely N-dealkylation sites (tertiary alicyclic amines) is 1. The van der Waals surface area contributed by atoms with Gasteiger partial charge in [0.05, 0.1) is 11.5 Å². The summed E-state index contributed by atoms with van der Waals surface area (Å²) in [5, 5.41) is 9.09. The molecule has 2 N–H and O–H groups in total. The fraction of sp³-hybridized carbons (Fsp3) is 0.833. The number of amides is 1. The molecule has 0 aromatic heterocycles. The van der Waals surface area contributed by atoms with Gasteiger partial charge in [0.2, 0.25) is 0 Å². The lowest BCUT2D eigenvalue weighted by Gasteiger charge is -2.37. The third-order valence-electron chi connectivity index (χ3n) is 3.00. The van der Waals surface area contributed by atoms with Crippen molar-refractivity contribution in [3.8, 4) is 6.07 Å². The number of ether oxygens (including phenoxy) is 1. The minimum Gasteiger partial charge on any atom is -0.444 e. The number of hydrogen-bond acceptors (Lipinski definition) is 4. The van der Waals surface area contributed by atoms with Crippen LogP contribution in [-0.4, -0.2) is 36.2 Å². The van der Waals surface area contributed by atoms with Crippen molar-refractivity contribution in [2.45, 2.75) is 39.2 Å². The Bertz CT molecular complexity index is 320. The number of rotatable bonds is 1. The summed E-state index contributed by atoms with van der Waals surface area (Å²) in [4.78, 5) is 13.4. The van der Waals surface area contributed by atoms with E-state index in [1.165, 1.54) is 0 Å². The maximum atomic E-state index is 11.8. The van der Waals surface area contributed by atoms with E-state index in [0.717, 1.165) is 0 Å². The number of hydrogen-bond donors (Lipinski definition) is 1. The van der Waals surface area contributed by atoms with Crippen molar-refractivity contribution < 1.29 is 9.53 Å². The zero-order valence-electron chi connectivity index (χ0n) is 10.8. The van der Waals surface area contributed by atoms with E-state index in [-0.39, 0.29) is 6.09 Å². The molecular weight excluding hydrogens is 218 g/mol. The highest BCUT2D eigenvalue weighted by molar-refractivity contribution is 5.68. The number of nitriles is 1. The van der Waals surface area contributed by atoms with Gasteiger partial charge in [0, 0.05) is 19.6 Å². The van der Waals surface area contributed by atoms with Gasteiger partial charge in [-0.3, -0.25) is 0 Å². The molecule has 0 radical (unpaired) electrons. The highest BCUT2D eigenvalue weighted by Crippen LogP contribution is 2.30. The average Bonchev–Trinajstić information content (AvgIpc) is 2.27. The molecule has 5 heteroatoms. The molecule has 1 heterocycles. The van der Waals surface area contributed by atoms with Crippen LogP contribution in [0.3, 0.4) is 0 Å². The number of carbonyl (C=O) groups is 1. The first-order valence-electron chi connectivity index (χ1n) is 5.91. The lowest BCUT2D eigenvalue weighted by Crippen LogP contribution is -2.47. The van der Waals surface area contributed by atoms with Gasteiger partial charge in [0.15, 0.2) is 0 Å². The Balaban J connectivity index is 2.53. The monoisotopic (exact) mass is 239 g/mol. The molecule has 1 aliphatic heterocycles. The van der Waals surface area contributed by atoms with Crippen LogP contribution in [0.4, 0.5) is 4.79 Å². The molecule has 1 fully saturated rings. The largest absolute Gasteiger partial charge is 0.444 e. The molecule has 1 saturated heterocycles. The minimum atomic E-state index is -0.477. The Hall–Kier alpha value is -1.28. The zero-order chi connectivity index (χ0) is 13.1. The number of carbonyl (C=O) groups excluding carboxylic acids is 1. The highest BCUT2D eigenvalue weighted by Gasteiger charge is 2.36. The normalized spacial score (nSPS) is 19.6. The first-order valence-corrected chi connectivity index (χ1v) is 5.91. The summed E-state index contributed by atoms with van der Waals surface area (Å²) in [6, 6.07) is 2.27. The van der Waals surface area contributed by atoms with Crippen molar-refractivity contribution >= 4 is 6.09 Å². The Morgan fingerprint density at radius 2 is 2.00 bits per heavy atom. The van der Waals surface area contributed by atoms with Crippen molar-refractivity contribution in [2.75, 3.05) is 19.6 Å². The van der Waals surface area contributed by atoms with Crippen molar-refractivity contribution in [3.63, 3.8) is 0 Å². The predicted molar refractivity (Wildman–Crippen MR) is 64.1 cm³/mol. The van der Waals surface area contributed by atoms with E-state index in [1.54, 1.807) is 4.90 Å². The van der Waals surface area contributed by atoms with E-state index in [1.807, 2.05) is 20.8 Å². The molecule has 0 aromatic rings. The molecular formula is C12H21N3O2. The van der Waals surface area contributed by atoms with Crippen LogP contribution in [0.15, 0.2) is 0 Å². The summed E-state index contributed by atoms with van der Waals surface area (Å²) >= 11 is 0. The van der Waals surface area contributed by atoms with Crippen LogP contribution in [0.1, 0.15) is 33.6 Å². The van der Waals surface area contributed by atoms with Crippen LogP contribution in [0.25, 0.3) is 0 Å². The predicted octanol–water partition coefficient (Wildman–Crippen LogP) is 1.49. The smallest absolute Gasteiger partial charge is 0.410 e. The van der Waals surface area contributed by atoms with E-state index >= 15 is 0 Å². The van der Waals surface area contributed by atoms with E-state index in [0.29, 0.717) is 32.5 Å². The Morgan fingerprint density at radius 3 is 2.35 bits per heavy atom. The summed E-state index contributed by atoms with van der Waals surface area (Å²) in [5.74, 6) is 0. The second-order valence-corrected chi connectivity index (χ2v) is 5.56. The fourth-order valence-electron chi connectivity index (χ4n) is 1.81. The fourth-order valence-corrected chi connectivity index (χ4v) is 1.81. The second kappa shape index (κ2) is 4.92. The number of nitrogens with two attached hydrogens (primary N) is 1. The Morgan fingerprint density at radius 1 is 1.47 bits per heavy atom. The van der Waals surface area contributed by atoms with Crippen molar-refractivity contribution in [1.82, 2.24) is 4.90 Å². The van der Waals surface area contributed by atoms with Gasteiger partial charge in [0.1, 0.15) is 5.60 Å². The summed E-state index contributed by atoms with van der Waals surface area (Å²) in [7, 11) is 0. The van der Waals surface area contributed by atoms with Crippen molar-refractivity contribution in [1.29, 1.82) is 5.26 Å². The third-order valence-corrected chi connectivity index (χ3v) is 3.00. The van der Waals surface area contributed by atoms with E-state index < -0.39 is 11.0 Å². The standard InChI is InChI=1S/C12H21N3O2/c1-11(2,3)17-10(16)15-6-4-12(8-13,9-14)5-7-15/h4-8,13H2,1-3H3. The maximum Gasteiger partial charge on any atom is 0.410 e. The molecule has 0 aliphatic carbocycles. The summed E-state index contributed by atoms with van der Waals surface area (Å²) in [5.41, 5.74) is 4.68. The second-order valence-electron chi connectivity index (χ2n) is 5.56. The molecule has 0 spiro atoms. The first-order chi connectivity index (χ1) is 7.82. The maximum absolute atomic E-state index is 11.8. The molecule has 17 heavy (non-hydrogen) atoms. The molecule has 96 valence electrons. The van der Waals surface area contributed by atoms with Gasteiger partial charge in [-0.15, -0.1) is 0 Å². The quantitative estimate of drug-likeness (QED) is 0.751. The zero-order valence-corrected chi connectivity index (χ0v) is 10.8. The van der Waals surface area contributed by atoms with Gasteiger partial charge in [-0.05, 0) is 33.6 Å². The van der Waals surface area contributed by atoms with E-state index in [4.69, 9.17) is 15.7 Å². The van der Waals surface area contributed by atoms with E-state index in [2.05, 4.69) is 6.07 Å². The lowest BCUT2D eigenvalue weighted by molar-refractivity contribution is 0.0153. The number of piperidine rings is 1. The van der Waals surface area contributed by atoms with E-state index in [9.17, 15) is 4.79 Å². The third kappa shape index (κ3) is 3.60. The van der Waals surface area contributed by atoms with Crippen LogP contribution < -0.4 is 5.73 Å². The molecule has 1 aliphatic rings. The molecule has 1 rings (SSSR count). The molecule has 0 saturated carbocycles. The molecule has 1 amide bonds. The Kier molecular flexibility index (Phi) is 3.99. The summed E-state index contributed by atoms with van der Waals surface area (Å²) in [6.45, 7) is 6.96. The molecule has 0 unspecified atom stereocenters. The molecule has 5 nitrogen and oxygen atoms in total. The molecule has 0 atom stereocenters. The van der Waals surface area contributed by atoms with Crippen molar-refractivity contribution in [3.05, 3.63) is 0 Å². The van der Waals surface area contributed by atoms with Crippen LogP contribution in [0.2, 0.25) is 0 Å². The highest BCUT2D eigenvalue weighted by atomic mass is 16.6.